The van der Waals surface area contributed by atoms with Crippen molar-refractivity contribution >= 4 is 56.0 Å². The molecule has 0 radical (unpaired) electrons. The number of halogens is 3. The molecule has 0 unspecified atom stereocenters. The van der Waals surface area contributed by atoms with Crippen LogP contribution in [0.25, 0.3) is 79.2 Å². The highest BCUT2D eigenvalue weighted by molar-refractivity contribution is 9.10. The van der Waals surface area contributed by atoms with Crippen molar-refractivity contribution in [3.05, 3.63) is 233 Å². The van der Waals surface area contributed by atoms with Crippen molar-refractivity contribution in [1.82, 2.24) is 29.9 Å². The van der Waals surface area contributed by atoms with E-state index in [0.717, 1.165) is 59.0 Å². The van der Waals surface area contributed by atoms with Crippen LogP contribution < -0.4 is 5.46 Å². The van der Waals surface area contributed by atoms with Crippen LogP contribution in [-0.4, -0.2) is 47.1 Å². The number of aromatic nitrogens is 6. The first-order valence-electron chi connectivity index (χ1n) is 20.7. The number of rotatable bonds is 8. The molecule has 66 heavy (non-hydrogen) atoms. The summed E-state index contributed by atoms with van der Waals surface area (Å²) in [6.45, 7) is 0. The molecule has 8 nitrogen and oxygen atoms in total. The Labute approximate surface area is 405 Å². The van der Waals surface area contributed by atoms with Gasteiger partial charge < -0.3 is 10.0 Å². The van der Waals surface area contributed by atoms with E-state index < -0.39 is 7.12 Å². The van der Waals surface area contributed by atoms with Crippen LogP contribution in [0.5, 0.6) is 0 Å². The van der Waals surface area contributed by atoms with E-state index in [0.29, 0.717) is 34.6 Å². The summed E-state index contributed by atoms with van der Waals surface area (Å²) in [6, 6.07) is 71.6. The Balaban J connectivity index is 0.000000151. The third kappa shape index (κ3) is 12.2. The highest BCUT2D eigenvalue weighted by atomic mass is 79.9. The zero-order chi connectivity index (χ0) is 45.7. The maximum Gasteiger partial charge on any atom is 0.488 e. The van der Waals surface area contributed by atoms with Gasteiger partial charge >= 0.3 is 7.12 Å². The van der Waals surface area contributed by atoms with Gasteiger partial charge in [0.15, 0.2) is 29.1 Å². The molecule has 12 heteroatoms. The molecule has 10 rings (SSSR count). The normalized spacial score (nSPS) is 10.5. The van der Waals surface area contributed by atoms with E-state index in [-0.39, 0.29) is 5.28 Å². The van der Waals surface area contributed by atoms with E-state index in [9.17, 15) is 0 Å². The van der Waals surface area contributed by atoms with E-state index in [1.807, 2.05) is 146 Å². The average molecular weight is 1010 g/mol. The van der Waals surface area contributed by atoms with E-state index >= 15 is 0 Å². The highest BCUT2D eigenvalue weighted by Gasteiger charge is 2.14. The van der Waals surface area contributed by atoms with Gasteiger partial charge in [0.1, 0.15) is 0 Å². The minimum absolute atomic E-state index is 0.189. The number of nitrogens with zero attached hydrogens (tertiary/aromatic N) is 6. The van der Waals surface area contributed by atoms with Crippen LogP contribution in [0.3, 0.4) is 0 Å². The maximum atomic E-state index is 8.65. The quantitative estimate of drug-likeness (QED) is 0.145. The summed E-state index contributed by atoms with van der Waals surface area (Å²) in [5.41, 5.74) is 9.73. The largest absolute Gasteiger partial charge is 0.488 e. The number of hydrogen-bond acceptors (Lipinski definition) is 8. The Morgan fingerprint density at radius 1 is 0.303 bits per heavy atom. The van der Waals surface area contributed by atoms with Crippen LogP contribution in [0.4, 0.5) is 0 Å². The van der Waals surface area contributed by atoms with Crippen molar-refractivity contribution < 1.29 is 10.0 Å². The second-order valence-electron chi connectivity index (χ2n) is 14.6. The highest BCUT2D eigenvalue weighted by Crippen LogP contribution is 2.30. The predicted molar refractivity (Wildman–Crippen MR) is 274 cm³/mol. The van der Waals surface area contributed by atoms with E-state index in [1.165, 1.54) is 0 Å². The SMILES string of the molecule is Brc1ccc(-c2nc(-c3ccccc3)nc(-c3cccc(-c4ccccc4)c3)n2)cc1.Clc1nc(-c2ccccc2)nc(-c2cccc(-c3ccccc3)c2)n1.OB(O)c1ccc(Br)cc1. The second-order valence-corrected chi connectivity index (χ2v) is 16.8. The minimum Gasteiger partial charge on any atom is -0.423 e. The number of benzene rings is 8. The summed E-state index contributed by atoms with van der Waals surface area (Å²) in [7, 11) is -1.37. The molecule has 0 aliphatic heterocycles. The number of hydrogen-bond donors (Lipinski definition) is 2. The van der Waals surface area contributed by atoms with Crippen molar-refractivity contribution in [2.45, 2.75) is 0 Å². The van der Waals surface area contributed by atoms with Crippen molar-refractivity contribution in [2.24, 2.45) is 0 Å². The van der Waals surface area contributed by atoms with Crippen LogP contribution in [0.2, 0.25) is 5.28 Å². The van der Waals surface area contributed by atoms with Crippen molar-refractivity contribution in [3.8, 4) is 79.2 Å². The van der Waals surface area contributed by atoms with Gasteiger partial charge in [0.25, 0.3) is 0 Å². The van der Waals surface area contributed by atoms with Gasteiger partial charge in [-0.05, 0) is 75.7 Å². The van der Waals surface area contributed by atoms with Crippen LogP contribution in [0, 0.1) is 0 Å². The molecule has 2 heterocycles. The first-order chi connectivity index (χ1) is 32.3. The summed E-state index contributed by atoms with van der Waals surface area (Å²) in [5, 5.41) is 17.5. The third-order valence-electron chi connectivity index (χ3n) is 10.0. The fourth-order valence-electron chi connectivity index (χ4n) is 6.72. The Kier molecular flexibility index (Phi) is 15.4. The predicted octanol–water partition coefficient (Wildman–Crippen LogP) is 13.0. The Bertz CT molecular complexity index is 3140. The monoisotopic (exact) mass is 1010 g/mol. The fourth-order valence-corrected chi connectivity index (χ4v) is 7.41. The van der Waals surface area contributed by atoms with Gasteiger partial charge in [-0.1, -0.05) is 214 Å². The smallest absolute Gasteiger partial charge is 0.423 e. The van der Waals surface area contributed by atoms with Gasteiger partial charge in [0, 0.05) is 36.8 Å². The molecule has 8 aromatic carbocycles. The molecule has 0 amide bonds. The van der Waals surface area contributed by atoms with Gasteiger partial charge in [0.05, 0.1) is 0 Å². The molecule has 0 fully saturated rings. The molecular formula is C54H38BBr2ClN6O2. The van der Waals surface area contributed by atoms with Gasteiger partial charge in [0.2, 0.25) is 5.28 Å². The van der Waals surface area contributed by atoms with Crippen LogP contribution in [0.1, 0.15) is 0 Å². The third-order valence-corrected chi connectivity index (χ3v) is 11.3. The first-order valence-corrected chi connectivity index (χ1v) is 22.7. The van der Waals surface area contributed by atoms with Gasteiger partial charge in [-0.2, -0.15) is 9.97 Å². The Hall–Kier alpha value is -6.99. The zero-order valence-electron chi connectivity index (χ0n) is 35.1. The average Bonchev–Trinajstić information content (AvgIpc) is 3.38. The standard InChI is InChI=1S/C27H18BrN3.C21H14ClN3.C6H6BBrO2/c28-24-16-14-21(15-17-24)26-29-25(20-10-5-2-6-11-20)30-27(31-26)23-13-7-12-22(18-23)19-8-3-1-4-9-19;22-21-24-19(16-10-5-2-6-11-16)23-20(25-21)18-13-7-12-17(14-18)15-8-3-1-4-9-15;8-6-3-1-5(2-4-6)7(9)10/h1-18H;1-14H;1-4,9-10H. The summed E-state index contributed by atoms with van der Waals surface area (Å²) >= 11 is 12.9. The fraction of sp³-hybridized carbons (Fsp3) is 0. The van der Waals surface area contributed by atoms with E-state index in [2.05, 4.69) is 95.3 Å². The van der Waals surface area contributed by atoms with Crippen LogP contribution in [0.15, 0.2) is 227 Å². The molecule has 320 valence electrons. The van der Waals surface area contributed by atoms with Crippen molar-refractivity contribution in [1.29, 1.82) is 0 Å². The molecule has 2 aromatic heterocycles. The lowest BCUT2D eigenvalue weighted by Crippen LogP contribution is -2.29. The Morgan fingerprint density at radius 3 is 0.985 bits per heavy atom. The second kappa shape index (κ2) is 22.3. The topological polar surface area (TPSA) is 118 Å². The molecule has 10 aromatic rings. The summed E-state index contributed by atoms with van der Waals surface area (Å²) in [4.78, 5) is 27.6. The van der Waals surface area contributed by atoms with Gasteiger partial charge in [-0.25, -0.2) is 19.9 Å². The van der Waals surface area contributed by atoms with E-state index in [1.54, 1.807) is 24.3 Å². The molecule has 0 atom stereocenters. The molecule has 0 spiro atoms. The lowest BCUT2D eigenvalue weighted by molar-refractivity contribution is 0.426. The Morgan fingerprint density at radius 2 is 0.591 bits per heavy atom. The lowest BCUT2D eigenvalue weighted by Gasteiger charge is -2.09. The van der Waals surface area contributed by atoms with Crippen molar-refractivity contribution in [3.63, 3.8) is 0 Å². The van der Waals surface area contributed by atoms with Crippen LogP contribution >= 0.6 is 43.5 Å². The molecule has 0 saturated heterocycles. The molecule has 2 N–H and O–H groups in total. The molecule has 0 aliphatic rings. The van der Waals surface area contributed by atoms with Crippen LogP contribution in [-0.2, 0) is 0 Å². The summed E-state index contributed by atoms with van der Waals surface area (Å²) in [6.07, 6.45) is 0. The molecule has 0 saturated carbocycles. The summed E-state index contributed by atoms with van der Waals surface area (Å²) in [5.74, 6) is 3.11. The first kappa shape index (κ1) is 45.6. The molecule has 0 bridgehead atoms. The minimum atomic E-state index is -1.37. The van der Waals surface area contributed by atoms with E-state index in [4.69, 9.17) is 36.6 Å². The zero-order valence-corrected chi connectivity index (χ0v) is 39.0. The molecular weight excluding hydrogens is 971 g/mol. The summed E-state index contributed by atoms with van der Waals surface area (Å²) < 4.78 is 1.95. The van der Waals surface area contributed by atoms with Gasteiger partial charge in [-0.15, -0.1) is 0 Å². The lowest BCUT2D eigenvalue weighted by atomic mass is 9.81. The maximum absolute atomic E-state index is 8.65. The molecule has 0 aliphatic carbocycles. The van der Waals surface area contributed by atoms with Crippen molar-refractivity contribution in [2.75, 3.05) is 0 Å². The van der Waals surface area contributed by atoms with Gasteiger partial charge in [-0.3, -0.25) is 0 Å².